The summed E-state index contributed by atoms with van der Waals surface area (Å²) in [5.41, 5.74) is 0.597. The molecule has 0 aliphatic heterocycles. The molecule has 2 rings (SSSR count). The largest absolute Gasteiger partial charge is 0.340 e. The maximum atomic E-state index is 13.5. The van der Waals surface area contributed by atoms with Gasteiger partial charge in [-0.2, -0.15) is 5.10 Å². The first-order valence-electron chi connectivity index (χ1n) is 6.01. The Hall–Kier alpha value is -2.31. The number of pyridine rings is 1. The van der Waals surface area contributed by atoms with Gasteiger partial charge in [0.25, 0.3) is 5.91 Å². The van der Waals surface area contributed by atoms with Gasteiger partial charge in [-0.3, -0.25) is 9.48 Å². The molecule has 2 aromatic rings. The Kier molecular flexibility index (Phi) is 4.07. The molecule has 0 saturated carbocycles. The Bertz CT molecular complexity index is 627. The highest BCUT2D eigenvalue weighted by Crippen LogP contribution is 2.09. The van der Waals surface area contributed by atoms with Gasteiger partial charge in [-0.05, 0) is 12.0 Å². The highest BCUT2D eigenvalue weighted by molar-refractivity contribution is 5.92. The minimum atomic E-state index is -0.955. The van der Waals surface area contributed by atoms with Crippen LogP contribution in [0.15, 0.2) is 24.7 Å². The van der Waals surface area contributed by atoms with Crippen molar-refractivity contribution >= 4 is 5.91 Å². The Morgan fingerprint density at radius 1 is 1.40 bits per heavy atom. The second-order valence-corrected chi connectivity index (χ2v) is 4.48. The summed E-state index contributed by atoms with van der Waals surface area (Å²) in [6.07, 6.45) is 4.97. The molecule has 7 heteroatoms. The predicted octanol–water partition coefficient (Wildman–Crippen LogP) is 1.41. The fourth-order valence-electron chi connectivity index (χ4n) is 1.75. The highest BCUT2D eigenvalue weighted by atomic mass is 19.1. The summed E-state index contributed by atoms with van der Waals surface area (Å²) in [4.78, 5) is 16.8. The van der Waals surface area contributed by atoms with E-state index in [1.807, 2.05) is 6.20 Å². The third-order valence-corrected chi connectivity index (χ3v) is 2.85. The summed E-state index contributed by atoms with van der Waals surface area (Å²) in [6, 6.07) is 0.648. The lowest BCUT2D eigenvalue weighted by molar-refractivity contribution is 0.0785. The van der Waals surface area contributed by atoms with Crippen LogP contribution >= 0.6 is 0 Å². The predicted molar refractivity (Wildman–Crippen MR) is 68.0 cm³/mol. The number of aromatic nitrogens is 3. The molecular formula is C13H14F2N4O. The van der Waals surface area contributed by atoms with E-state index in [1.165, 1.54) is 4.90 Å². The van der Waals surface area contributed by atoms with Crippen LogP contribution in [0, 0.1) is 11.6 Å². The Morgan fingerprint density at radius 2 is 2.15 bits per heavy atom. The van der Waals surface area contributed by atoms with Gasteiger partial charge in [-0.1, -0.05) is 0 Å². The lowest BCUT2D eigenvalue weighted by Gasteiger charge is -2.16. The molecule has 0 atom stereocenters. The number of amides is 1. The number of carbonyl (C=O) groups is 1. The first-order chi connectivity index (χ1) is 9.47. The molecule has 0 radical (unpaired) electrons. The average molecular weight is 280 g/mol. The van der Waals surface area contributed by atoms with E-state index < -0.39 is 17.5 Å². The van der Waals surface area contributed by atoms with Gasteiger partial charge in [0.05, 0.1) is 12.4 Å². The Morgan fingerprint density at radius 3 is 2.75 bits per heavy atom. The Labute approximate surface area is 114 Å². The van der Waals surface area contributed by atoms with Crippen molar-refractivity contribution < 1.29 is 13.6 Å². The van der Waals surface area contributed by atoms with Gasteiger partial charge in [0, 0.05) is 32.9 Å². The molecule has 0 bridgehead atoms. The number of carbonyl (C=O) groups excluding carboxylic acids is 1. The third-order valence-electron chi connectivity index (χ3n) is 2.85. The number of hydrogen-bond acceptors (Lipinski definition) is 3. The van der Waals surface area contributed by atoms with Crippen molar-refractivity contribution in [1.82, 2.24) is 19.7 Å². The zero-order valence-corrected chi connectivity index (χ0v) is 11.2. The normalized spacial score (nSPS) is 10.6. The summed E-state index contributed by atoms with van der Waals surface area (Å²) < 4.78 is 27.9. The van der Waals surface area contributed by atoms with E-state index in [1.54, 1.807) is 25.0 Å². The number of hydrogen-bond donors (Lipinski definition) is 0. The van der Waals surface area contributed by atoms with Crippen LogP contribution in [0.4, 0.5) is 8.78 Å². The fourth-order valence-corrected chi connectivity index (χ4v) is 1.75. The van der Waals surface area contributed by atoms with E-state index >= 15 is 0 Å². The van der Waals surface area contributed by atoms with E-state index in [-0.39, 0.29) is 5.69 Å². The highest BCUT2D eigenvalue weighted by Gasteiger charge is 2.18. The zero-order chi connectivity index (χ0) is 14.7. The van der Waals surface area contributed by atoms with Gasteiger partial charge in [0.1, 0.15) is 5.82 Å². The third kappa shape index (κ3) is 3.17. The molecule has 0 aliphatic rings. The molecule has 0 spiro atoms. The van der Waals surface area contributed by atoms with Crippen LogP contribution in [-0.2, 0) is 13.5 Å². The summed E-state index contributed by atoms with van der Waals surface area (Å²) in [5.74, 6) is -2.34. The van der Waals surface area contributed by atoms with Crippen LogP contribution in [0.1, 0.15) is 16.1 Å². The quantitative estimate of drug-likeness (QED) is 0.851. The molecule has 106 valence electrons. The summed E-state index contributed by atoms with van der Waals surface area (Å²) in [6.45, 7) is 0.392. The van der Waals surface area contributed by atoms with Crippen LogP contribution < -0.4 is 0 Å². The van der Waals surface area contributed by atoms with Crippen molar-refractivity contribution in [2.75, 3.05) is 13.6 Å². The molecule has 2 aromatic heterocycles. The number of nitrogens with zero attached hydrogens (tertiary/aromatic N) is 4. The lowest BCUT2D eigenvalue weighted by Crippen LogP contribution is -2.30. The second kappa shape index (κ2) is 5.77. The van der Waals surface area contributed by atoms with Crippen molar-refractivity contribution in [3.05, 3.63) is 47.5 Å². The fraction of sp³-hybridized carbons (Fsp3) is 0.308. The molecule has 1 amide bonds. The van der Waals surface area contributed by atoms with Crippen molar-refractivity contribution in [2.45, 2.75) is 6.42 Å². The lowest BCUT2D eigenvalue weighted by atomic mass is 10.2. The molecule has 0 aromatic carbocycles. The van der Waals surface area contributed by atoms with Crippen LogP contribution in [0.3, 0.4) is 0 Å². The van der Waals surface area contributed by atoms with Crippen LogP contribution in [0.5, 0.6) is 0 Å². The van der Waals surface area contributed by atoms with Crippen LogP contribution in [0.2, 0.25) is 0 Å². The molecule has 0 unspecified atom stereocenters. The van der Waals surface area contributed by atoms with Gasteiger partial charge >= 0.3 is 0 Å². The number of likely N-dealkylation sites (N-methyl/N-ethyl adjacent to an activating group) is 1. The Balaban J connectivity index is 2.01. The van der Waals surface area contributed by atoms with E-state index in [0.717, 1.165) is 11.8 Å². The average Bonchev–Trinajstić information content (AvgIpc) is 2.81. The minimum Gasteiger partial charge on any atom is -0.340 e. The maximum Gasteiger partial charge on any atom is 0.275 e. The molecule has 2 heterocycles. The van der Waals surface area contributed by atoms with Crippen molar-refractivity contribution in [2.24, 2.45) is 7.05 Å². The molecule has 0 aliphatic carbocycles. The standard InChI is InChI=1S/C13H14F2N4O/c1-18(4-3-9-6-17-19(2)8-9)13(20)12-11(15)5-10(14)7-16-12/h5-8H,3-4H2,1-2H3. The summed E-state index contributed by atoms with van der Waals surface area (Å²) >= 11 is 0. The number of halogens is 2. The van der Waals surface area contributed by atoms with E-state index in [2.05, 4.69) is 10.1 Å². The topological polar surface area (TPSA) is 51.0 Å². The molecule has 0 fully saturated rings. The smallest absolute Gasteiger partial charge is 0.275 e. The van der Waals surface area contributed by atoms with E-state index in [0.29, 0.717) is 19.0 Å². The maximum absolute atomic E-state index is 13.5. The molecular weight excluding hydrogens is 266 g/mol. The van der Waals surface area contributed by atoms with Gasteiger partial charge in [0.2, 0.25) is 0 Å². The summed E-state index contributed by atoms with van der Waals surface area (Å²) in [5, 5.41) is 4.02. The van der Waals surface area contributed by atoms with Crippen LogP contribution in [-0.4, -0.2) is 39.2 Å². The number of rotatable bonds is 4. The first-order valence-corrected chi connectivity index (χ1v) is 6.01. The monoisotopic (exact) mass is 280 g/mol. The molecule has 20 heavy (non-hydrogen) atoms. The van der Waals surface area contributed by atoms with Gasteiger partial charge in [-0.15, -0.1) is 0 Å². The van der Waals surface area contributed by atoms with Crippen molar-refractivity contribution in [3.63, 3.8) is 0 Å². The SMILES string of the molecule is CN(CCc1cnn(C)c1)C(=O)c1ncc(F)cc1F. The van der Waals surface area contributed by atoms with Gasteiger partial charge < -0.3 is 4.90 Å². The van der Waals surface area contributed by atoms with E-state index in [9.17, 15) is 13.6 Å². The molecule has 0 saturated heterocycles. The zero-order valence-electron chi connectivity index (χ0n) is 11.2. The van der Waals surface area contributed by atoms with Crippen LogP contribution in [0.25, 0.3) is 0 Å². The molecule has 5 nitrogen and oxygen atoms in total. The second-order valence-electron chi connectivity index (χ2n) is 4.48. The first kappa shape index (κ1) is 14.1. The van der Waals surface area contributed by atoms with Crippen molar-refractivity contribution in [3.8, 4) is 0 Å². The van der Waals surface area contributed by atoms with Gasteiger partial charge in [0.15, 0.2) is 11.5 Å². The van der Waals surface area contributed by atoms with E-state index in [4.69, 9.17) is 0 Å². The van der Waals surface area contributed by atoms with Crippen molar-refractivity contribution in [1.29, 1.82) is 0 Å². The minimum absolute atomic E-state index is 0.375. The van der Waals surface area contributed by atoms with Gasteiger partial charge in [-0.25, -0.2) is 13.8 Å². The molecule has 0 N–H and O–H groups in total. The number of aryl methyl sites for hydroxylation is 1. The summed E-state index contributed by atoms with van der Waals surface area (Å²) in [7, 11) is 3.35.